The van der Waals surface area contributed by atoms with Crippen molar-refractivity contribution in [3.8, 4) is 0 Å². The first-order chi connectivity index (χ1) is 8.42. The molecule has 2 nitrogen and oxygen atoms in total. The molecular formula is C15H22N2. The molecule has 0 aliphatic carbocycles. The van der Waals surface area contributed by atoms with E-state index < -0.39 is 0 Å². The van der Waals surface area contributed by atoms with Gasteiger partial charge in [0.2, 0.25) is 0 Å². The molecule has 0 spiro atoms. The highest BCUT2D eigenvalue weighted by molar-refractivity contribution is 5.22. The van der Waals surface area contributed by atoms with Gasteiger partial charge >= 0.3 is 0 Å². The second-order valence-corrected chi connectivity index (χ2v) is 5.51. The summed E-state index contributed by atoms with van der Waals surface area (Å²) in [6.07, 6.45) is 2.77. The fourth-order valence-electron chi connectivity index (χ4n) is 3.01. The van der Waals surface area contributed by atoms with Crippen LogP contribution in [0.15, 0.2) is 30.3 Å². The van der Waals surface area contributed by atoms with Gasteiger partial charge in [0, 0.05) is 19.0 Å². The minimum atomic E-state index is 0.790. The summed E-state index contributed by atoms with van der Waals surface area (Å²) < 4.78 is 0. The van der Waals surface area contributed by atoms with Crippen LogP contribution in [0.25, 0.3) is 0 Å². The highest BCUT2D eigenvalue weighted by atomic mass is 15.2. The first-order valence-corrected chi connectivity index (χ1v) is 6.90. The van der Waals surface area contributed by atoms with Crippen molar-refractivity contribution in [3.05, 3.63) is 35.9 Å². The lowest BCUT2D eigenvalue weighted by Crippen LogP contribution is -2.45. The second kappa shape index (κ2) is 5.19. The average Bonchev–Trinajstić information content (AvgIpc) is 2.81. The van der Waals surface area contributed by atoms with Crippen molar-refractivity contribution in [1.29, 1.82) is 0 Å². The number of hydrogen-bond donors (Lipinski definition) is 1. The first kappa shape index (κ1) is 11.2. The summed E-state index contributed by atoms with van der Waals surface area (Å²) in [6, 6.07) is 10.9. The molecule has 2 heterocycles. The van der Waals surface area contributed by atoms with Gasteiger partial charge in [0.05, 0.1) is 0 Å². The van der Waals surface area contributed by atoms with Crippen molar-refractivity contribution >= 4 is 0 Å². The normalized spacial score (nSPS) is 26.0. The maximum atomic E-state index is 3.45. The van der Waals surface area contributed by atoms with Crippen LogP contribution in [-0.2, 0) is 0 Å². The van der Waals surface area contributed by atoms with Crippen molar-refractivity contribution in [2.24, 2.45) is 5.92 Å². The zero-order valence-corrected chi connectivity index (χ0v) is 10.4. The number of hydrogen-bond acceptors (Lipinski definition) is 2. The van der Waals surface area contributed by atoms with Crippen molar-refractivity contribution in [2.75, 3.05) is 32.7 Å². The van der Waals surface area contributed by atoms with Gasteiger partial charge in [0.25, 0.3) is 0 Å². The Kier molecular flexibility index (Phi) is 3.44. The van der Waals surface area contributed by atoms with Crippen LogP contribution in [0.5, 0.6) is 0 Å². The van der Waals surface area contributed by atoms with Crippen LogP contribution >= 0.6 is 0 Å². The van der Waals surface area contributed by atoms with E-state index in [1.165, 1.54) is 51.1 Å². The average molecular weight is 230 g/mol. The van der Waals surface area contributed by atoms with E-state index in [1.54, 1.807) is 0 Å². The van der Waals surface area contributed by atoms with Crippen LogP contribution < -0.4 is 5.32 Å². The Labute approximate surface area is 104 Å². The Morgan fingerprint density at radius 3 is 2.71 bits per heavy atom. The maximum absolute atomic E-state index is 3.45. The van der Waals surface area contributed by atoms with Crippen molar-refractivity contribution in [3.63, 3.8) is 0 Å². The smallest absolute Gasteiger partial charge is 0.00936 e. The van der Waals surface area contributed by atoms with Crippen LogP contribution in [-0.4, -0.2) is 37.6 Å². The van der Waals surface area contributed by atoms with Gasteiger partial charge in [-0.05, 0) is 44.0 Å². The molecule has 17 heavy (non-hydrogen) atoms. The summed E-state index contributed by atoms with van der Waals surface area (Å²) in [7, 11) is 0. The Morgan fingerprint density at radius 2 is 2.00 bits per heavy atom. The molecule has 2 aliphatic rings. The van der Waals surface area contributed by atoms with Crippen LogP contribution in [0, 0.1) is 5.92 Å². The minimum absolute atomic E-state index is 0.790. The Hall–Kier alpha value is -0.860. The fraction of sp³-hybridized carbons (Fsp3) is 0.600. The molecule has 3 rings (SSSR count). The molecule has 2 aliphatic heterocycles. The lowest BCUT2D eigenvalue weighted by atomic mass is 9.91. The first-order valence-electron chi connectivity index (χ1n) is 6.90. The van der Waals surface area contributed by atoms with Crippen molar-refractivity contribution < 1.29 is 0 Å². The quantitative estimate of drug-likeness (QED) is 0.852. The zero-order chi connectivity index (χ0) is 11.5. The molecule has 2 saturated heterocycles. The number of nitrogens with one attached hydrogen (secondary N) is 1. The molecule has 1 atom stereocenters. The third kappa shape index (κ3) is 2.70. The standard InChI is InChI=1S/C15H22N2/c1-2-4-14(5-3-1)15-11-17(12-15)9-7-13-6-8-16-10-13/h1-5,13,15-16H,6-12H2. The molecule has 0 radical (unpaired) electrons. The highest BCUT2D eigenvalue weighted by Crippen LogP contribution is 2.27. The summed E-state index contributed by atoms with van der Waals surface area (Å²) in [6.45, 7) is 6.32. The number of benzene rings is 1. The molecular weight excluding hydrogens is 208 g/mol. The molecule has 2 fully saturated rings. The largest absolute Gasteiger partial charge is 0.316 e. The van der Waals surface area contributed by atoms with E-state index in [9.17, 15) is 0 Å². The fourth-order valence-corrected chi connectivity index (χ4v) is 3.01. The topological polar surface area (TPSA) is 15.3 Å². The van der Waals surface area contributed by atoms with Crippen LogP contribution in [0.4, 0.5) is 0 Å². The lowest BCUT2D eigenvalue weighted by molar-refractivity contribution is 0.139. The molecule has 0 bridgehead atoms. The van der Waals surface area contributed by atoms with E-state index in [0.29, 0.717) is 0 Å². The molecule has 0 saturated carbocycles. The molecule has 0 amide bonds. The molecule has 1 aromatic carbocycles. The monoisotopic (exact) mass is 230 g/mol. The van der Waals surface area contributed by atoms with Crippen LogP contribution in [0.3, 0.4) is 0 Å². The summed E-state index contributed by atoms with van der Waals surface area (Å²) in [4.78, 5) is 2.61. The van der Waals surface area contributed by atoms with Gasteiger partial charge in [-0.25, -0.2) is 0 Å². The molecule has 2 heteroatoms. The highest BCUT2D eigenvalue weighted by Gasteiger charge is 2.28. The number of likely N-dealkylation sites (tertiary alicyclic amines) is 1. The molecule has 92 valence electrons. The van der Waals surface area contributed by atoms with Gasteiger partial charge in [-0.15, -0.1) is 0 Å². The van der Waals surface area contributed by atoms with Gasteiger partial charge in [0.1, 0.15) is 0 Å². The van der Waals surface area contributed by atoms with Gasteiger partial charge in [0.15, 0.2) is 0 Å². The summed E-state index contributed by atoms with van der Waals surface area (Å²) in [5.41, 5.74) is 1.52. The van der Waals surface area contributed by atoms with E-state index >= 15 is 0 Å². The lowest BCUT2D eigenvalue weighted by Gasteiger charge is -2.40. The number of rotatable bonds is 4. The molecule has 1 N–H and O–H groups in total. The van der Waals surface area contributed by atoms with Crippen molar-refractivity contribution in [2.45, 2.75) is 18.8 Å². The van der Waals surface area contributed by atoms with E-state index in [2.05, 4.69) is 40.5 Å². The predicted molar refractivity (Wildman–Crippen MR) is 71.2 cm³/mol. The summed E-state index contributed by atoms with van der Waals surface area (Å²) in [5, 5.41) is 3.45. The van der Waals surface area contributed by atoms with Gasteiger partial charge < -0.3 is 10.2 Å². The predicted octanol–water partition coefficient (Wildman–Crippen LogP) is 2.09. The zero-order valence-electron chi connectivity index (χ0n) is 10.4. The van der Waals surface area contributed by atoms with Crippen molar-refractivity contribution in [1.82, 2.24) is 10.2 Å². The summed E-state index contributed by atoms with van der Waals surface area (Å²) >= 11 is 0. The van der Waals surface area contributed by atoms with E-state index in [0.717, 1.165) is 11.8 Å². The SMILES string of the molecule is c1ccc(C2CN(CCC3CCNC3)C2)cc1. The maximum Gasteiger partial charge on any atom is 0.00936 e. The van der Waals surface area contributed by atoms with E-state index in [-0.39, 0.29) is 0 Å². The number of nitrogens with zero attached hydrogens (tertiary/aromatic N) is 1. The van der Waals surface area contributed by atoms with Crippen LogP contribution in [0.2, 0.25) is 0 Å². The van der Waals surface area contributed by atoms with Gasteiger partial charge in [-0.3, -0.25) is 0 Å². The van der Waals surface area contributed by atoms with E-state index in [4.69, 9.17) is 0 Å². The third-order valence-corrected chi connectivity index (χ3v) is 4.24. The second-order valence-electron chi connectivity index (χ2n) is 5.51. The summed E-state index contributed by atoms with van der Waals surface area (Å²) in [5.74, 6) is 1.73. The van der Waals surface area contributed by atoms with Gasteiger partial charge in [-0.2, -0.15) is 0 Å². The molecule has 1 aromatic rings. The Morgan fingerprint density at radius 1 is 1.18 bits per heavy atom. The third-order valence-electron chi connectivity index (χ3n) is 4.24. The van der Waals surface area contributed by atoms with Gasteiger partial charge in [-0.1, -0.05) is 30.3 Å². The molecule has 0 aromatic heterocycles. The Bertz CT molecular complexity index is 337. The van der Waals surface area contributed by atoms with E-state index in [1.807, 2.05) is 0 Å². The minimum Gasteiger partial charge on any atom is -0.316 e. The Balaban J connectivity index is 1.39. The molecule has 1 unspecified atom stereocenters. The van der Waals surface area contributed by atoms with Crippen LogP contribution in [0.1, 0.15) is 24.3 Å².